The number of hydrogen-bond acceptors (Lipinski definition) is 4. The molecule has 2 aromatic rings. The van der Waals surface area contributed by atoms with E-state index in [-0.39, 0.29) is 18.4 Å². The normalized spacial score (nSPS) is 10.1. The molecule has 1 aromatic heterocycles. The largest absolute Gasteiger partial charge is 0.487 e. The Hall–Kier alpha value is -2.43. The second kappa shape index (κ2) is 6.65. The minimum Gasteiger partial charge on any atom is -0.487 e. The maximum atomic E-state index is 12.7. The zero-order valence-corrected chi connectivity index (χ0v) is 11.0. The van der Waals surface area contributed by atoms with Crippen LogP contribution in [0.25, 0.3) is 0 Å². The van der Waals surface area contributed by atoms with Gasteiger partial charge in [0.1, 0.15) is 18.2 Å². The lowest BCUT2D eigenvalue weighted by molar-refractivity contribution is 0.0526. The molecule has 5 heteroatoms. The van der Waals surface area contributed by atoms with Crippen molar-refractivity contribution in [3.63, 3.8) is 0 Å². The third-order valence-corrected chi connectivity index (χ3v) is 2.54. The van der Waals surface area contributed by atoms with Crippen LogP contribution in [0.4, 0.5) is 4.39 Å². The van der Waals surface area contributed by atoms with Crippen LogP contribution >= 0.6 is 0 Å². The molecule has 0 N–H and O–H groups in total. The van der Waals surface area contributed by atoms with Crippen LogP contribution in [0.3, 0.4) is 0 Å². The SMILES string of the molecule is CCOC(=O)c1ccc(OCc2ccc(F)cn2)cc1. The van der Waals surface area contributed by atoms with Gasteiger partial charge < -0.3 is 9.47 Å². The molecule has 1 aromatic carbocycles. The van der Waals surface area contributed by atoms with Gasteiger partial charge in [0.25, 0.3) is 0 Å². The van der Waals surface area contributed by atoms with E-state index in [0.29, 0.717) is 23.6 Å². The maximum absolute atomic E-state index is 12.7. The quantitative estimate of drug-likeness (QED) is 0.787. The lowest BCUT2D eigenvalue weighted by Gasteiger charge is -2.06. The summed E-state index contributed by atoms with van der Waals surface area (Å²) in [7, 11) is 0. The molecule has 0 amide bonds. The second-order valence-corrected chi connectivity index (χ2v) is 4.00. The number of aromatic nitrogens is 1. The van der Waals surface area contributed by atoms with Gasteiger partial charge in [0.15, 0.2) is 0 Å². The van der Waals surface area contributed by atoms with E-state index >= 15 is 0 Å². The zero-order valence-electron chi connectivity index (χ0n) is 11.0. The van der Waals surface area contributed by atoms with E-state index in [2.05, 4.69) is 4.98 Å². The van der Waals surface area contributed by atoms with Crippen LogP contribution in [0.2, 0.25) is 0 Å². The number of pyridine rings is 1. The van der Waals surface area contributed by atoms with Gasteiger partial charge >= 0.3 is 5.97 Å². The summed E-state index contributed by atoms with van der Waals surface area (Å²) in [5.41, 5.74) is 1.10. The molecule has 0 unspecified atom stereocenters. The zero-order chi connectivity index (χ0) is 14.4. The second-order valence-electron chi connectivity index (χ2n) is 4.00. The van der Waals surface area contributed by atoms with Crippen molar-refractivity contribution < 1.29 is 18.7 Å². The number of ether oxygens (including phenoxy) is 2. The highest BCUT2D eigenvalue weighted by molar-refractivity contribution is 5.89. The molecule has 4 nitrogen and oxygen atoms in total. The van der Waals surface area contributed by atoms with Crippen molar-refractivity contribution in [1.29, 1.82) is 0 Å². The summed E-state index contributed by atoms with van der Waals surface area (Å²) in [5, 5.41) is 0. The van der Waals surface area contributed by atoms with Crippen LogP contribution in [0.15, 0.2) is 42.6 Å². The predicted molar refractivity (Wildman–Crippen MR) is 70.9 cm³/mol. The van der Waals surface area contributed by atoms with Crippen LogP contribution in [-0.4, -0.2) is 17.6 Å². The van der Waals surface area contributed by atoms with Crippen molar-refractivity contribution in [2.75, 3.05) is 6.61 Å². The van der Waals surface area contributed by atoms with E-state index in [9.17, 15) is 9.18 Å². The number of nitrogens with zero attached hydrogens (tertiary/aromatic N) is 1. The maximum Gasteiger partial charge on any atom is 0.338 e. The van der Waals surface area contributed by atoms with E-state index in [1.54, 1.807) is 37.3 Å². The molecule has 104 valence electrons. The van der Waals surface area contributed by atoms with Crippen LogP contribution < -0.4 is 4.74 Å². The molecule has 20 heavy (non-hydrogen) atoms. The number of halogens is 1. The highest BCUT2D eigenvalue weighted by atomic mass is 19.1. The Morgan fingerprint density at radius 1 is 1.20 bits per heavy atom. The Labute approximate surface area is 116 Å². The fourth-order valence-electron chi connectivity index (χ4n) is 1.55. The van der Waals surface area contributed by atoms with Gasteiger partial charge in [-0.3, -0.25) is 4.98 Å². The molecule has 0 saturated heterocycles. The minimum absolute atomic E-state index is 0.235. The number of carbonyl (C=O) groups is 1. The first-order valence-corrected chi connectivity index (χ1v) is 6.19. The molecule has 0 atom stereocenters. The van der Waals surface area contributed by atoms with Gasteiger partial charge in [-0.2, -0.15) is 0 Å². The minimum atomic E-state index is -0.382. The Morgan fingerprint density at radius 3 is 2.55 bits per heavy atom. The summed E-state index contributed by atoms with van der Waals surface area (Å²) in [4.78, 5) is 15.3. The molecule has 0 radical (unpaired) electrons. The first-order chi connectivity index (χ1) is 9.69. The van der Waals surface area contributed by atoms with Crippen LogP contribution in [0.1, 0.15) is 23.0 Å². The Kier molecular flexibility index (Phi) is 4.65. The van der Waals surface area contributed by atoms with Crippen molar-refractivity contribution in [2.24, 2.45) is 0 Å². The summed E-state index contributed by atoms with van der Waals surface area (Å²) < 4.78 is 23.1. The molecule has 0 aliphatic heterocycles. The van der Waals surface area contributed by atoms with Gasteiger partial charge in [0.05, 0.1) is 24.1 Å². The number of esters is 1. The molecule has 0 spiro atoms. The van der Waals surface area contributed by atoms with Crippen molar-refractivity contribution in [3.8, 4) is 5.75 Å². The number of benzene rings is 1. The van der Waals surface area contributed by atoms with Crippen LogP contribution in [-0.2, 0) is 11.3 Å². The Morgan fingerprint density at radius 2 is 1.95 bits per heavy atom. The summed E-state index contributed by atoms with van der Waals surface area (Å²) in [6, 6.07) is 9.50. The number of carbonyl (C=O) groups excluding carboxylic acids is 1. The molecule has 0 aliphatic rings. The van der Waals surface area contributed by atoms with E-state index in [4.69, 9.17) is 9.47 Å². The average Bonchev–Trinajstić information content (AvgIpc) is 2.47. The molecule has 0 fully saturated rings. The van der Waals surface area contributed by atoms with Crippen molar-refractivity contribution in [1.82, 2.24) is 4.98 Å². The standard InChI is InChI=1S/C15H14FNO3/c1-2-19-15(18)11-3-7-14(8-4-11)20-10-13-6-5-12(16)9-17-13/h3-9H,2,10H2,1H3. The Balaban J connectivity index is 1.93. The van der Waals surface area contributed by atoms with E-state index < -0.39 is 0 Å². The summed E-state index contributed by atoms with van der Waals surface area (Å²) in [5.74, 6) is -0.143. The van der Waals surface area contributed by atoms with Gasteiger partial charge in [-0.25, -0.2) is 9.18 Å². The monoisotopic (exact) mass is 275 g/mol. The van der Waals surface area contributed by atoms with Crippen molar-refractivity contribution in [2.45, 2.75) is 13.5 Å². The first kappa shape index (κ1) is 14.0. The summed E-state index contributed by atoms with van der Waals surface area (Å²) in [6.07, 6.45) is 1.14. The number of rotatable bonds is 5. The van der Waals surface area contributed by atoms with Gasteiger partial charge in [-0.15, -0.1) is 0 Å². The van der Waals surface area contributed by atoms with E-state index in [1.165, 1.54) is 6.07 Å². The van der Waals surface area contributed by atoms with Gasteiger partial charge in [0.2, 0.25) is 0 Å². The van der Waals surface area contributed by atoms with Gasteiger partial charge in [-0.05, 0) is 43.3 Å². The van der Waals surface area contributed by atoms with Crippen LogP contribution in [0, 0.1) is 5.82 Å². The molecular formula is C15H14FNO3. The summed E-state index contributed by atoms with van der Waals surface area (Å²) >= 11 is 0. The van der Waals surface area contributed by atoms with Crippen molar-refractivity contribution >= 4 is 5.97 Å². The summed E-state index contributed by atoms with van der Waals surface area (Å²) in [6.45, 7) is 2.33. The van der Waals surface area contributed by atoms with Gasteiger partial charge in [0, 0.05) is 0 Å². The molecule has 2 rings (SSSR count). The first-order valence-electron chi connectivity index (χ1n) is 6.19. The molecule has 0 aliphatic carbocycles. The molecular weight excluding hydrogens is 261 g/mol. The number of hydrogen-bond donors (Lipinski definition) is 0. The smallest absolute Gasteiger partial charge is 0.338 e. The average molecular weight is 275 g/mol. The molecule has 0 saturated carbocycles. The predicted octanol–water partition coefficient (Wildman–Crippen LogP) is 2.98. The third kappa shape index (κ3) is 3.78. The van der Waals surface area contributed by atoms with Gasteiger partial charge in [-0.1, -0.05) is 0 Å². The van der Waals surface area contributed by atoms with Crippen molar-refractivity contribution in [3.05, 3.63) is 59.7 Å². The molecule has 0 bridgehead atoms. The lowest BCUT2D eigenvalue weighted by atomic mass is 10.2. The fraction of sp³-hybridized carbons (Fsp3) is 0.200. The molecule has 1 heterocycles. The topological polar surface area (TPSA) is 48.4 Å². The highest BCUT2D eigenvalue weighted by Gasteiger charge is 2.06. The van der Waals surface area contributed by atoms with Crippen LogP contribution in [0.5, 0.6) is 5.75 Å². The van der Waals surface area contributed by atoms with E-state index in [0.717, 1.165) is 6.20 Å². The highest BCUT2D eigenvalue weighted by Crippen LogP contribution is 2.14. The fourth-order valence-corrected chi connectivity index (χ4v) is 1.55. The van der Waals surface area contributed by atoms with E-state index in [1.807, 2.05) is 0 Å². The Bertz CT molecular complexity index is 567. The lowest BCUT2D eigenvalue weighted by Crippen LogP contribution is -2.04. The third-order valence-electron chi connectivity index (χ3n) is 2.54.